The van der Waals surface area contributed by atoms with Gasteiger partial charge in [-0.05, 0) is 51.1 Å². The van der Waals surface area contributed by atoms with E-state index in [0.29, 0.717) is 74.5 Å². The minimum Gasteiger partial charge on any atom is -0.490 e. The van der Waals surface area contributed by atoms with E-state index in [0.717, 1.165) is 12.1 Å². The summed E-state index contributed by atoms with van der Waals surface area (Å²) in [7, 11) is 0. The molecule has 180 valence electrons. The molecule has 0 unspecified atom stereocenters. The summed E-state index contributed by atoms with van der Waals surface area (Å²) in [5, 5.41) is 0. The van der Waals surface area contributed by atoms with Crippen molar-refractivity contribution in [2.45, 2.75) is 26.9 Å². The van der Waals surface area contributed by atoms with Gasteiger partial charge in [0.25, 0.3) is 5.91 Å². The fourth-order valence-electron chi connectivity index (χ4n) is 3.74. The third-order valence-electron chi connectivity index (χ3n) is 5.26. The molecule has 0 saturated carbocycles. The fraction of sp³-hybridized carbons (Fsp3) is 0.458. The highest BCUT2D eigenvalue weighted by Gasteiger charge is 2.31. The van der Waals surface area contributed by atoms with Gasteiger partial charge in [0.05, 0.1) is 25.4 Å². The van der Waals surface area contributed by atoms with E-state index in [9.17, 15) is 18.0 Å². The molecule has 0 N–H and O–H groups in total. The van der Waals surface area contributed by atoms with Crippen LogP contribution in [-0.2, 0) is 6.18 Å². The molecule has 1 saturated heterocycles. The number of carbonyl (C=O) groups is 1. The van der Waals surface area contributed by atoms with Crippen LogP contribution >= 0.6 is 0 Å². The minimum atomic E-state index is -4.39. The number of carbonyl (C=O) groups excluding carboxylic acids is 1. The van der Waals surface area contributed by atoms with Crippen LogP contribution in [0.25, 0.3) is 0 Å². The molecule has 33 heavy (non-hydrogen) atoms. The Morgan fingerprint density at radius 1 is 0.879 bits per heavy atom. The molecule has 2 aromatic carbocycles. The van der Waals surface area contributed by atoms with Gasteiger partial charge in [-0.3, -0.25) is 4.79 Å². The van der Waals surface area contributed by atoms with E-state index in [-0.39, 0.29) is 5.91 Å². The molecule has 0 atom stereocenters. The van der Waals surface area contributed by atoms with Crippen LogP contribution in [0.3, 0.4) is 0 Å². The number of halogens is 3. The minimum absolute atomic E-state index is 0.191. The first-order valence-electron chi connectivity index (χ1n) is 11.1. The maximum atomic E-state index is 13.2. The van der Waals surface area contributed by atoms with Crippen molar-refractivity contribution < 1.29 is 32.2 Å². The third kappa shape index (κ3) is 5.83. The van der Waals surface area contributed by atoms with Crippen molar-refractivity contribution in [3.63, 3.8) is 0 Å². The lowest BCUT2D eigenvalue weighted by atomic mass is 10.1. The van der Waals surface area contributed by atoms with Gasteiger partial charge in [-0.2, -0.15) is 13.2 Å². The predicted octanol–water partition coefficient (Wildman–Crippen LogP) is 4.86. The van der Waals surface area contributed by atoms with Crippen molar-refractivity contribution in [2.24, 2.45) is 0 Å². The Morgan fingerprint density at radius 3 is 1.97 bits per heavy atom. The fourth-order valence-corrected chi connectivity index (χ4v) is 3.74. The molecule has 1 fully saturated rings. The molecule has 0 aliphatic carbocycles. The van der Waals surface area contributed by atoms with E-state index in [1.54, 1.807) is 23.1 Å². The molecule has 0 spiro atoms. The zero-order chi connectivity index (χ0) is 24.0. The number of rotatable bonds is 8. The van der Waals surface area contributed by atoms with Crippen LogP contribution < -0.4 is 19.1 Å². The number of anilines is 1. The highest BCUT2D eigenvalue weighted by Crippen LogP contribution is 2.39. The average Bonchev–Trinajstić information content (AvgIpc) is 2.80. The second-order valence-electron chi connectivity index (χ2n) is 7.43. The van der Waals surface area contributed by atoms with E-state index in [4.69, 9.17) is 14.2 Å². The maximum Gasteiger partial charge on any atom is 0.416 e. The van der Waals surface area contributed by atoms with Crippen LogP contribution in [0.4, 0.5) is 18.9 Å². The Morgan fingerprint density at radius 2 is 1.45 bits per heavy atom. The standard InChI is InChI=1S/C24H29F3N2O4/c1-4-31-20-14-17(15-21(32-5-2)22(20)33-6-3)23(30)29-12-10-28(11-13-29)19-9-7-8-18(16-19)24(25,26)27/h7-9,14-16H,4-6,10-13H2,1-3H3. The second kappa shape index (κ2) is 10.7. The molecule has 6 nitrogen and oxygen atoms in total. The Balaban J connectivity index is 1.76. The topological polar surface area (TPSA) is 51.2 Å². The van der Waals surface area contributed by atoms with Crippen LogP contribution in [-0.4, -0.2) is 56.8 Å². The number of benzene rings is 2. The molecular formula is C24H29F3N2O4. The molecule has 2 aromatic rings. The first-order valence-corrected chi connectivity index (χ1v) is 11.1. The van der Waals surface area contributed by atoms with Crippen molar-refractivity contribution in [2.75, 3.05) is 50.9 Å². The summed E-state index contributed by atoms with van der Waals surface area (Å²) in [6, 6.07) is 8.56. The predicted molar refractivity (Wildman–Crippen MR) is 120 cm³/mol. The third-order valence-corrected chi connectivity index (χ3v) is 5.26. The molecule has 1 aliphatic rings. The van der Waals surface area contributed by atoms with Gasteiger partial charge < -0.3 is 24.0 Å². The van der Waals surface area contributed by atoms with Crippen LogP contribution in [0, 0.1) is 0 Å². The summed E-state index contributed by atoms with van der Waals surface area (Å²) in [6.45, 7) is 8.40. The molecule has 1 aliphatic heterocycles. The zero-order valence-corrected chi connectivity index (χ0v) is 19.1. The van der Waals surface area contributed by atoms with Crippen LogP contribution in [0.1, 0.15) is 36.7 Å². The molecule has 9 heteroatoms. The zero-order valence-electron chi connectivity index (χ0n) is 19.1. The Kier molecular flexibility index (Phi) is 7.94. The number of nitrogens with zero attached hydrogens (tertiary/aromatic N) is 2. The monoisotopic (exact) mass is 466 g/mol. The first kappa shape index (κ1) is 24.5. The Bertz CT molecular complexity index is 930. The van der Waals surface area contributed by atoms with E-state index >= 15 is 0 Å². The largest absolute Gasteiger partial charge is 0.490 e. The number of hydrogen-bond acceptors (Lipinski definition) is 5. The first-order chi connectivity index (χ1) is 15.8. The number of piperazine rings is 1. The molecule has 0 aromatic heterocycles. The summed E-state index contributed by atoms with van der Waals surface area (Å²) in [4.78, 5) is 16.8. The molecule has 0 radical (unpaired) electrons. The lowest BCUT2D eigenvalue weighted by Gasteiger charge is -2.36. The van der Waals surface area contributed by atoms with Gasteiger partial charge in [0, 0.05) is 37.4 Å². The highest BCUT2D eigenvalue weighted by molar-refractivity contribution is 5.96. The number of hydrogen-bond donors (Lipinski definition) is 0. The highest BCUT2D eigenvalue weighted by atomic mass is 19.4. The van der Waals surface area contributed by atoms with Gasteiger partial charge in [-0.15, -0.1) is 0 Å². The van der Waals surface area contributed by atoms with Gasteiger partial charge in [0.1, 0.15) is 0 Å². The van der Waals surface area contributed by atoms with Crippen LogP contribution in [0.2, 0.25) is 0 Å². The molecule has 1 amide bonds. The quantitative estimate of drug-likeness (QED) is 0.556. The van der Waals surface area contributed by atoms with E-state index in [2.05, 4.69) is 0 Å². The SMILES string of the molecule is CCOc1cc(C(=O)N2CCN(c3cccc(C(F)(F)F)c3)CC2)cc(OCC)c1OCC. The average molecular weight is 467 g/mol. The number of alkyl halides is 3. The Hall–Kier alpha value is -3.10. The number of ether oxygens (including phenoxy) is 3. The summed E-state index contributed by atoms with van der Waals surface area (Å²) < 4.78 is 56.2. The summed E-state index contributed by atoms with van der Waals surface area (Å²) in [5.41, 5.74) is 0.230. The van der Waals surface area contributed by atoms with Gasteiger partial charge >= 0.3 is 6.18 Å². The van der Waals surface area contributed by atoms with Crippen molar-refractivity contribution in [3.05, 3.63) is 47.5 Å². The molecule has 1 heterocycles. The lowest BCUT2D eigenvalue weighted by Crippen LogP contribution is -2.48. The summed E-state index contributed by atoms with van der Waals surface area (Å²) >= 11 is 0. The Labute approximate surface area is 191 Å². The van der Waals surface area contributed by atoms with Crippen molar-refractivity contribution >= 4 is 11.6 Å². The normalized spacial score (nSPS) is 14.2. The summed E-state index contributed by atoms with van der Waals surface area (Å²) in [5.74, 6) is 1.16. The van der Waals surface area contributed by atoms with Crippen molar-refractivity contribution in [1.82, 2.24) is 4.90 Å². The maximum absolute atomic E-state index is 13.2. The van der Waals surface area contributed by atoms with Gasteiger partial charge in [-0.1, -0.05) is 6.07 Å². The smallest absolute Gasteiger partial charge is 0.416 e. The van der Waals surface area contributed by atoms with Gasteiger partial charge in [-0.25, -0.2) is 0 Å². The van der Waals surface area contributed by atoms with Crippen molar-refractivity contribution in [1.29, 1.82) is 0 Å². The van der Waals surface area contributed by atoms with Gasteiger partial charge in [0.15, 0.2) is 11.5 Å². The lowest BCUT2D eigenvalue weighted by molar-refractivity contribution is -0.137. The number of amides is 1. The van der Waals surface area contributed by atoms with E-state index in [1.807, 2.05) is 25.7 Å². The van der Waals surface area contributed by atoms with E-state index in [1.165, 1.54) is 6.07 Å². The second-order valence-corrected chi connectivity index (χ2v) is 7.43. The van der Waals surface area contributed by atoms with Crippen LogP contribution in [0.5, 0.6) is 17.2 Å². The van der Waals surface area contributed by atoms with E-state index < -0.39 is 11.7 Å². The van der Waals surface area contributed by atoms with Crippen molar-refractivity contribution in [3.8, 4) is 17.2 Å². The molecule has 3 rings (SSSR count). The molecule has 0 bridgehead atoms. The summed E-state index contributed by atoms with van der Waals surface area (Å²) in [6.07, 6.45) is -4.39. The van der Waals surface area contributed by atoms with Gasteiger partial charge in [0.2, 0.25) is 5.75 Å². The molecular weight excluding hydrogens is 437 g/mol. The van der Waals surface area contributed by atoms with Crippen LogP contribution in [0.15, 0.2) is 36.4 Å².